The van der Waals surface area contributed by atoms with Gasteiger partial charge in [0.25, 0.3) is 0 Å². The minimum Gasteiger partial charge on any atom is -0.396 e. The van der Waals surface area contributed by atoms with Crippen molar-refractivity contribution in [2.45, 2.75) is 13.0 Å². The van der Waals surface area contributed by atoms with E-state index in [2.05, 4.69) is 4.90 Å². The largest absolute Gasteiger partial charge is 0.396 e. The van der Waals surface area contributed by atoms with Crippen LogP contribution in [0, 0.1) is 5.82 Å². The smallest absolute Gasteiger partial charge is 0.127 e. The van der Waals surface area contributed by atoms with Gasteiger partial charge < -0.3 is 9.84 Å². The van der Waals surface area contributed by atoms with Gasteiger partial charge in [-0.05, 0) is 18.1 Å². The fraction of sp³-hybridized carbons (Fsp3) is 0.538. The van der Waals surface area contributed by atoms with Crippen LogP contribution in [0.1, 0.15) is 11.1 Å². The summed E-state index contributed by atoms with van der Waals surface area (Å²) in [7, 11) is 0. The summed E-state index contributed by atoms with van der Waals surface area (Å²) in [4.78, 5) is 2.19. The number of ether oxygens (including phenoxy) is 1. The molecule has 1 aromatic carbocycles. The summed E-state index contributed by atoms with van der Waals surface area (Å²) >= 11 is 0. The number of hydrogen-bond acceptors (Lipinski definition) is 3. The minimum absolute atomic E-state index is 0.0578. The molecule has 1 aliphatic rings. The lowest BCUT2D eigenvalue weighted by molar-refractivity contribution is 0.0337. The maximum absolute atomic E-state index is 13.8. The first-order valence-electron chi connectivity index (χ1n) is 5.98. The van der Waals surface area contributed by atoms with Gasteiger partial charge in [0.15, 0.2) is 0 Å². The molecule has 17 heavy (non-hydrogen) atoms. The van der Waals surface area contributed by atoms with Gasteiger partial charge in [-0.1, -0.05) is 12.1 Å². The molecule has 1 aliphatic heterocycles. The van der Waals surface area contributed by atoms with Gasteiger partial charge in [0, 0.05) is 31.8 Å². The van der Waals surface area contributed by atoms with E-state index in [9.17, 15) is 4.39 Å². The van der Waals surface area contributed by atoms with Crippen molar-refractivity contribution in [3.63, 3.8) is 0 Å². The number of aliphatic hydroxyl groups is 1. The Hall–Kier alpha value is -0.970. The molecule has 1 heterocycles. The molecule has 4 heteroatoms. The van der Waals surface area contributed by atoms with Crippen molar-refractivity contribution >= 4 is 0 Å². The van der Waals surface area contributed by atoms with Crippen molar-refractivity contribution in [2.75, 3.05) is 32.9 Å². The summed E-state index contributed by atoms with van der Waals surface area (Å²) in [5, 5.41) is 8.80. The van der Waals surface area contributed by atoms with Crippen LogP contribution in [0.3, 0.4) is 0 Å². The van der Waals surface area contributed by atoms with Crippen molar-refractivity contribution in [1.29, 1.82) is 0 Å². The third kappa shape index (κ3) is 3.49. The molecule has 2 rings (SSSR count). The van der Waals surface area contributed by atoms with E-state index in [0.717, 1.165) is 31.9 Å². The maximum Gasteiger partial charge on any atom is 0.127 e. The Balaban J connectivity index is 2.00. The highest BCUT2D eigenvalue weighted by atomic mass is 19.1. The van der Waals surface area contributed by atoms with Crippen molar-refractivity contribution in [2.24, 2.45) is 0 Å². The number of benzene rings is 1. The van der Waals surface area contributed by atoms with Gasteiger partial charge >= 0.3 is 0 Å². The topological polar surface area (TPSA) is 32.7 Å². The average molecular weight is 239 g/mol. The molecule has 0 aromatic heterocycles. The Morgan fingerprint density at radius 3 is 2.71 bits per heavy atom. The molecule has 0 spiro atoms. The number of rotatable bonds is 4. The van der Waals surface area contributed by atoms with Gasteiger partial charge in [0.1, 0.15) is 5.82 Å². The molecule has 0 radical (unpaired) electrons. The van der Waals surface area contributed by atoms with E-state index >= 15 is 0 Å². The molecule has 1 saturated heterocycles. The molecule has 0 unspecified atom stereocenters. The first-order chi connectivity index (χ1) is 8.29. The number of aliphatic hydroxyl groups excluding tert-OH is 1. The summed E-state index contributed by atoms with van der Waals surface area (Å²) in [6, 6.07) is 5.22. The van der Waals surface area contributed by atoms with Gasteiger partial charge in [0.2, 0.25) is 0 Å². The Kier molecular flexibility index (Phi) is 4.48. The molecule has 1 N–H and O–H groups in total. The van der Waals surface area contributed by atoms with E-state index in [-0.39, 0.29) is 12.4 Å². The van der Waals surface area contributed by atoms with Crippen LogP contribution in [0.2, 0.25) is 0 Å². The van der Waals surface area contributed by atoms with Crippen LogP contribution in [-0.2, 0) is 17.7 Å². The van der Waals surface area contributed by atoms with Crippen LogP contribution >= 0.6 is 0 Å². The zero-order valence-corrected chi connectivity index (χ0v) is 9.86. The Bertz CT molecular complexity index is 364. The summed E-state index contributed by atoms with van der Waals surface area (Å²) in [5.74, 6) is -0.178. The van der Waals surface area contributed by atoms with E-state index < -0.39 is 0 Å². The first-order valence-corrected chi connectivity index (χ1v) is 5.98. The second-order valence-corrected chi connectivity index (χ2v) is 4.29. The lowest BCUT2D eigenvalue weighted by Gasteiger charge is -2.26. The molecular weight excluding hydrogens is 221 g/mol. The molecule has 0 bridgehead atoms. The SMILES string of the molecule is OCCc1ccc(CN2CCOCC2)c(F)c1. The lowest BCUT2D eigenvalue weighted by Crippen LogP contribution is -2.35. The van der Waals surface area contributed by atoms with Gasteiger partial charge in [0.05, 0.1) is 13.2 Å². The highest BCUT2D eigenvalue weighted by Crippen LogP contribution is 2.14. The Morgan fingerprint density at radius 1 is 1.29 bits per heavy atom. The van der Waals surface area contributed by atoms with Crippen LogP contribution in [-0.4, -0.2) is 42.9 Å². The monoisotopic (exact) mass is 239 g/mol. The second-order valence-electron chi connectivity index (χ2n) is 4.29. The predicted octanol–water partition coefficient (Wildman–Crippen LogP) is 1.19. The third-order valence-electron chi connectivity index (χ3n) is 3.02. The predicted molar refractivity (Wildman–Crippen MR) is 63.3 cm³/mol. The lowest BCUT2D eigenvalue weighted by atomic mass is 10.1. The molecule has 0 aliphatic carbocycles. The first kappa shape index (κ1) is 12.5. The van der Waals surface area contributed by atoms with Crippen LogP contribution in [0.5, 0.6) is 0 Å². The molecule has 3 nitrogen and oxygen atoms in total. The highest BCUT2D eigenvalue weighted by Gasteiger charge is 2.13. The number of nitrogens with zero attached hydrogens (tertiary/aromatic N) is 1. The number of hydrogen-bond donors (Lipinski definition) is 1. The van der Waals surface area contributed by atoms with Gasteiger partial charge in [-0.25, -0.2) is 4.39 Å². The normalized spacial score (nSPS) is 17.3. The Morgan fingerprint density at radius 2 is 2.06 bits per heavy atom. The minimum atomic E-state index is -0.178. The molecule has 94 valence electrons. The molecule has 0 atom stereocenters. The quantitative estimate of drug-likeness (QED) is 0.856. The summed E-state index contributed by atoms with van der Waals surface area (Å²) in [5.41, 5.74) is 1.56. The van der Waals surface area contributed by atoms with Gasteiger partial charge in [-0.2, -0.15) is 0 Å². The molecule has 1 fully saturated rings. The van der Waals surface area contributed by atoms with E-state index in [1.807, 2.05) is 12.1 Å². The van der Waals surface area contributed by atoms with Crippen molar-refractivity contribution in [1.82, 2.24) is 4.90 Å². The van der Waals surface area contributed by atoms with Crippen molar-refractivity contribution in [3.8, 4) is 0 Å². The highest BCUT2D eigenvalue weighted by molar-refractivity contribution is 5.24. The van der Waals surface area contributed by atoms with Crippen molar-refractivity contribution < 1.29 is 14.2 Å². The van der Waals surface area contributed by atoms with E-state index in [0.29, 0.717) is 18.5 Å². The fourth-order valence-corrected chi connectivity index (χ4v) is 2.00. The van der Waals surface area contributed by atoms with E-state index in [4.69, 9.17) is 9.84 Å². The van der Waals surface area contributed by atoms with E-state index in [1.165, 1.54) is 6.07 Å². The summed E-state index contributed by atoms with van der Waals surface area (Å²) in [6.07, 6.45) is 0.509. The van der Waals surface area contributed by atoms with Crippen LogP contribution < -0.4 is 0 Å². The molecule has 0 amide bonds. The van der Waals surface area contributed by atoms with Crippen LogP contribution in [0.15, 0.2) is 18.2 Å². The number of morpholine rings is 1. The van der Waals surface area contributed by atoms with E-state index in [1.54, 1.807) is 0 Å². The number of halogens is 1. The third-order valence-corrected chi connectivity index (χ3v) is 3.02. The summed E-state index contributed by atoms with van der Waals surface area (Å²) in [6.45, 7) is 3.86. The van der Waals surface area contributed by atoms with Gasteiger partial charge in [-0.15, -0.1) is 0 Å². The average Bonchev–Trinajstić information content (AvgIpc) is 2.34. The zero-order valence-electron chi connectivity index (χ0n) is 9.86. The maximum atomic E-state index is 13.8. The van der Waals surface area contributed by atoms with Crippen LogP contribution in [0.25, 0.3) is 0 Å². The molecular formula is C13H18FNO2. The van der Waals surface area contributed by atoms with Crippen LogP contribution in [0.4, 0.5) is 4.39 Å². The second kappa shape index (κ2) is 6.10. The molecule has 0 saturated carbocycles. The van der Waals surface area contributed by atoms with Gasteiger partial charge in [-0.3, -0.25) is 4.90 Å². The Labute approximate surface area is 101 Å². The fourth-order valence-electron chi connectivity index (χ4n) is 2.00. The molecule has 1 aromatic rings. The summed E-state index contributed by atoms with van der Waals surface area (Å²) < 4.78 is 19.0. The zero-order chi connectivity index (χ0) is 12.1. The standard InChI is InChI=1S/C13H18FNO2/c14-13-9-11(3-6-16)1-2-12(13)10-15-4-7-17-8-5-15/h1-2,9,16H,3-8,10H2. The van der Waals surface area contributed by atoms with Crippen molar-refractivity contribution in [3.05, 3.63) is 35.1 Å².